The molecule has 6 heteroatoms. The molecule has 1 aliphatic rings. The Bertz CT molecular complexity index is 313. The Labute approximate surface area is 99.7 Å². The zero-order valence-electron chi connectivity index (χ0n) is 9.25. The van der Waals surface area contributed by atoms with Crippen molar-refractivity contribution in [1.29, 1.82) is 0 Å². The number of thiocarbonyl (C=S) groups is 1. The second kappa shape index (κ2) is 5.25. The highest BCUT2D eigenvalue weighted by Gasteiger charge is 2.46. The summed E-state index contributed by atoms with van der Waals surface area (Å²) >= 11 is 4.89. The fourth-order valence-corrected chi connectivity index (χ4v) is 1.95. The summed E-state index contributed by atoms with van der Waals surface area (Å²) in [5.74, 6) is -0.715. The average molecular weight is 244 g/mol. The lowest BCUT2D eigenvalue weighted by Gasteiger charge is -2.38. The van der Waals surface area contributed by atoms with Crippen LogP contribution >= 0.6 is 12.2 Å². The minimum Gasteiger partial charge on any atom is -0.465 e. The van der Waals surface area contributed by atoms with E-state index in [1.54, 1.807) is 6.92 Å². The van der Waals surface area contributed by atoms with Crippen LogP contribution in [0.1, 0.15) is 26.2 Å². The Morgan fingerprint density at radius 3 is 2.50 bits per heavy atom. The lowest BCUT2D eigenvalue weighted by Crippen LogP contribution is -2.53. The van der Waals surface area contributed by atoms with E-state index in [9.17, 15) is 9.59 Å². The summed E-state index contributed by atoms with van der Waals surface area (Å²) in [4.78, 5) is 23.1. The molecule has 0 heterocycles. The van der Waals surface area contributed by atoms with Gasteiger partial charge in [-0.05, 0) is 19.8 Å². The molecule has 1 amide bonds. The van der Waals surface area contributed by atoms with Crippen molar-refractivity contribution in [3.05, 3.63) is 0 Å². The number of nitrogens with one attached hydrogen (secondary N) is 1. The van der Waals surface area contributed by atoms with Gasteiger partial charge >= 0.3 is 5.97 Å². The topological polar surface area (TPSA) is 81.4 Å². The third-order valence-electron chi connectivity index (χ3n) is 2.81. The molecule has 90 valence electrons. The van der Waals surface area contributed by atoms with Gasteiger partial charge in [0.25, 0.3) is 0 Å². The molecular formula is C10H16N2O3S. The molecular weight excluding hydrogens is 228 g/mol. The zero-order valence-corrected chi connectivity index (χ0v) is 10.1. The number of nitrogens with two attached hydrogens (primary N) is 1. The Kier molecular flexibility index (Phi) is 4.23. The van der Waals surface area contributed by atoms with Gasteiger partial charge in [0.2, 0.25) is 5.91 Å². The van der Waals surface area contributed by atoms with E-state index >= 15 is 0 Å². The van der Waals surface area contributed by atoms with Gasteiger partial charge in [-0.1, -0.05) is 18.6 Å². The van der Waals surface area contributed by atoms with Gasteiger partial charge in [0.05, 0.1) is 17.0 Å². The largest absolute Gasteiger partial charge is 0.465 e. The Morgan fingerprint density at radius 1 is 1.50 bits per heavy atom. The first kappa shape index (κ1) is 12.9. The molecule has 0 spiro atoms. The van der Waals surface area contributed by atoms with Gasteiger partial charge in [-0.3, -0.25) is 9.59 Å². The SMILES string of the molecule is CCOC(=O)CNC(=O)C1(C(N)=S)CCC1. The van der Waals surface area contributed by atoms with Crippen molar-refractivity contribution in [2.45, 2.75) is 26.2 Å². The number of esters is 1. The van der Waals surface area contributed by atoms with Gasteiger partial charge in [0.15, 0.2) is 0 Å². The molecule has 0 aromatic rings. The molecule has 0 bridgehead atoms. The van der Waals surface area contributed by atoms with Crippen LogP contribution in [0, 0.1) is 5.41 Å². The Balaban J connectivity index is 2.45. The third-order valence-corrected chi connectivity index (χ3v) is 3.20. The molecule has 1 fully saturated rings. The quantitative estimate of drug-likeness (QED) is 0.530. The van der Waals surface area contributed by atoms with Crippen LogP contribution in [-0.4, -0.2) is 30.0 Å². The number of rotatable bonds is 5. The lowest BCUT2D eigenvalue weighted by atomic mass is 9.68. The molecule has 0 unspecified atom stereocenters. The number of hydrogen-bond donors (Lipinski definition) is 2. The highest BCUT2D eigenvalue weighted by molar-refractivity contribution is 7.80. The van der Waals surface area contributed by atoms with E-state index in [-0.39, 0.29) is 17.4 Å². The van der Waals surface area contributed by atoms with E-state index in [1.165, 1.54) is 0 Å². The summed E-state index contributed by atoms with van der Waals surface area (Å²) in [5, 5.41) is 2.51. The van der Waals surface area contributed by atoms with Crippen molar-refractivity contribution in [3.63, 3.8) is 0 Å². The fraction of sp³-hybridized carbons (Fsp3) is 0.700. The maximum Gasteiger partial charge on any atom is 0.325 e. The van der Waals surface area contributed by atoms with Gasteiger partial charge in [0, 0.05) is 0 Å². The summed E-state index contributed by atoms with van der Waals surface area (Å²) in [5.41, 5.74) is 4.82. The van der Waals surface area contributed by atoms with Crippen LogP contribution in [0.3, 0.4) is 0 Å². The van der Waals surface area contributed by atoms with Crippen molar-refractivity contribution < 1.29 is 14.3 Å². The molecule has 3 N–H and O–H groups in total. The van der Waals surface area contributed by atoms with E-state index in [0.29, 0.717) is 19.4 Å². The minimum atomic E-state index is -0.734. The maximum absolute atomic E-state index is 11.8. The second-order valence-electron chi connectivity index (χ2n) is 3.79. The van der Waals surface area contributed by atoms with Crippen molar-refractivity contribution >= 4 is 29.1 Å². The predicted octanol–water partition coefficient (Wildman–Crippen LogP) is 0.122. The lowest BCUT2D eigenvalue weighted by molar-refractivity contribution is -0.144. The molecule has 5 nitrogen and oxygen atoms in total. The van der Waals surface area contributed by atoms with Crippen LogP contribution in [0.4, 0.5) is 0 Å². The van der Waals surface area contributed by atoms with E-state index in [0.717, 1.165) is 6.42 Å². The standard InChI is InChI=1S/C10H16N2O3S/c1-2-15-7(13)6-12-9(14)10(8(11)16)4-3-5-10/h2-6H2,1H3,(H2,11,16)(H,12,14). The van der Waals surface area contributed by atoms with Crippen LogP contribution in [0.25, 0.3) is 0 Å². The smallest absolute Gasteiger partial charge is 0.325 e. The van der Waals surface area contributed by atoms with Crippen LogP contribution in [0.5, 0.6) is 0 Å². The maximum atomic E-state index is 11.8. The van der Waals surface area contributed by atoms with Gasteiger partial charge < -0.3 is 15.8 Å². The summed E-state index contributed by atoms with van der Waals surface area (Å²) in [6, 6.07) is 0. The van der Waals surface area contributed by atoms with Gasteiger partial charge in [0.1, 0.15) is 6.54 Å². The van der Waals surface area contributed by atoms with E-state index in [2.05, 4.69) is 5.32 Å². The molecule has 1 saturated carbocycles. The molecule has 0 atom stereocenters. The first-order chi connectivity index (χ1) is 7.53. The number of amides is 1. The highest BCUT2D eigenvalue weighted by Crippen LogP contribution is 2.41. The molecule has 0 saturated heterocycles. The van der Waals surface area contributed by atoms with E-state index < -0.39 is 11.4 Å². The van der Waals surface area contributed by atoms with Crippen LogP contribution in [0.15, 0.2) is 0 Å². The van der Waals surface area contributed by atoms with Crippen LogP contribution in [-0.2, 0) is 14.3 Å². The number of hydrogen-bond acceptors (Lipinski definition) is 4. The second-order valence-corrected chi connectivity index (χ2v) is 4.23. The number of carbonyl (C=O) groups is 2. The first-order valence-corrected chi connectivity index (χ1v) is 5.67. The van der Waals surface area contributed by atoms with Gasteiger partial charge in [-0.25, -0.2) is 0 Å². The first-order valence-electron chi connectivity index (χ1n) is 5.27. The molecule has 16 heavy (non-hydrogen) atoms. The number of carbonyl (C=O) groups excluding carboxylic acids is 2. The predicted molar refractivity (Wildman–Crippen MR) is 62.7 cm³/mol. The number of ether oxygens (including phenoxy) is 1. The van der Waals surface area contributed by atoms with Crippen LogP contribution < -0.4 is 11.1 Å². The van der Waals surface area contributed by atoms with Gasteiger partial charge in [-0.2, -0.15) is 0 Å². The third kappa shape index (κ3) is 2.49. The monoisotopic (exact) mass is 244 g/mol. The zero-order chi connectivity index (χ0) is 12.2. The molecule has 1 aliphatic carbocycles. The van der Waals surface area contributed by atoms with Gasteiger partial charge in [-0.15, -0.1) is 0 Å². The Hall–Kier alpha value is -1.17. The van der Waals surface area contributed by atoms with Crippen molar-refractivity contribution in [3.8, 4) is 0 Å². The fourth-order valence-electron chi connectivity index (χ4n) is 1.65. The Morgan fingerprint density at radius 2 is 2.12 bits per heavy atom. The van der Waals surface area contributed by atoms with Crippen molar-refractivity contribution in [2.75, 3.05) is 13.2 Å². The van der Waals surface area contributed by atoms with Crippen molar-refractivity contribution in [2.24, 2.45) is 11.1 Å². The van der Waals surface area contributed by atoms with E-state index in [4.69, 9.17) is 22.7 Å². The minimum absolute atomic E-state index is 0.128. The van der Waals surface area contributed by atoms with E-state index in [1.807, 2.05) is 0 Å². The normalized spacial score (nSPS) is 17.1. The average Bonchev–Trinajstić information content (AvgIpc) is 2.12. The summed E-state index contributed by atoms with van der Waals surface area (Å²) in [7, 11) is 0. The molecule has 1 rings (SSSR count). The molecule has 0 radical (unpaired) electrons. The molecule has 0 aromatic carbocycles. The summed E-state index contributed by atoms with van der Waals surface area (Å²) in [6.45, 7) is 1.88. The highest BCUT2D eigenvalue weighted by atomic mass is 32.1. The molecule has 0 aliphatic heterocycles. The van der Waals surface area contributed by atoms with Crippen LogP contribution in [0.2, 0.25) is 0 Å². The summed E-state index contributed by atoms with van der Waals surface area (Å²) < 4.78 is 4.70. The molecule has 0 aromatic heterocycles. The van der Waals surface area contributed by atoms with Crippen molar-refractivity contribution in [1.82, 2.24) is 5.32 Å². The summed E-state index contributed by atoms with van der Waals surface area (Å²) in [6.07, 6.45) is 2.26.